The Labute approximate surface area is 36.7 Å². The van der Waals surface area contributed by atoms with Crippen LogP contribution >= 0.6 is 0 Å². The molecule has 1 heteroatoms. The van der Waals surface area contributed by atoms with Crippen molar-refractivity contribution < 1.29 is 4.39 Å². The molecule has 0 rings (SSSR count). The number of halogens is 1. The molecule has 0 aromatic rings. The van der Waals surface area contributed by atoms with Crippen LogP contribution in [0.15, 0.2) is 12.2 Å². The van der Waals surface area contributed by atoms with E-state index in [1.54, 1.807) is 0 Å². The maximum atomic E-state index is 10.7. The van der Waals surface area contributed by atoms with Crippen molar-refractivity contribution in [2.45, 2.75) is 0 Å². The van der Waals surface area contributed by atoms with Gasteiger partial charge in [-0.1, -0.05) is 6.08 Å². The van der Waals surface area contributed by atoms with Crippen molar-refractivity contribution >= 4 is 0 Å². The molecule has 0 N–H and O–H groups in total. The summed E-state index contributed by atoms with van der Waals surface area (Å²) in [6.07, 6.45) is 3.95. The van der Waals surface area contributed by atoms with Crippen molar-refractivity contribution in [2.75, 3.05) is 0 Å². The van der Waals surface area contributed by atoms with Crippen LogP contribution in [-0.4, -0.2) is 0 Å². The van der Waals surface area contributed by atoms with Crippen LogP contribution in [0.4, 0.5) is 4.39 Å². The predicted molar refractivity (Wildman–Crippen MR) is 23.4 cm³/mol. The molecule has 31 valence electrons. The van der Waals surface area contributed by atoms with E-state index in [1.807, 2.05) is 5.92 Å². The van der Waals surface area contributed by atoms with Crippen LogP contribution in [-0.2, 0) is 0 Å². The highest BCUT2D eigenvalue weighted by atomic mass is 19.1. The van der Waals surface area contributed by atoms with Gasteiger partial charge in [0.2, 0.25) is 0 Å². The van der Waals surface area contributed by atoms with Gasteiger partial charge >= 0.3 is 0 Å². The number of hydrogen-bond donors (Lipinski definition) is 0. The first-order valence-electron chi connectivity index (χ1n) is 1.47. The molecular formula is C5H4F. The second kappa shape index (κ2) is 4.23. The summed E-state index contributed by atoms with van der Waals surface area (Å²) in [7, 11) is 0. The molecule has 0 atom stereocenters. The molecule has 0 nitrogen and oxygen atoms in total. The van der Waals surface area contributed by atoms with Gasteiger partial charge in [0.1, 0.15) is 6.17 Å². The van der Waals surface area contributed by atoms with E-state index in [0.29, 0.717) is 0 Å². The summed E-state index contributed by atoms with van der Waals surface area (Å²) < 4.78 is 10.7. The fourth-order valence-corrected chi connectivity index (χ4v) is 0.0904. The molecule has 0 bridgehead atoms. The highest BCUT2D eigenvalue weighted by Gasteiger charge is 1.48. The Morgan fingerprint density at radius 2 is 2.33 bits per heavy atom. The molecule has 0 heterocycles. The van der Waals surface area contributed by atoms with E-state index in [2.05, 4.69) is 6.92 Å². The number of allylic oxidation sites excluding steroid dienone is 2. The highest BCUT2D eigenvalue weighted by Crippen LogP contribution is 1.62. The predicted octanol–water partition coefficient (Wildman–Crippen LogP) is 1.31. The Balaban J connectivity index is 3.24. The highest BCUT2D eigenvalue weighted by molar-refractivity contribution is 5.12. The van der Waals surface area contributed by atoms with Crippen molar-refractivity contribution in [3.63, 3.8) is 0 Å². The molecule has 0 spiro atoms. The minimum atomic E-state index is 1.19. The van der Waals surface area contributed by atoms with Crippen LogP contribution in [0, 0.1) is 19.0 Å². The lowest BCUT2D eigenvalue weighted by molar-refractivity contribution is 0.774. The lowest BCUT2D eigenvalue weighted by Crippen LogP contribution is -1.40. The number of hydrogen-bond acceptors (Lipinski definition) is 0. The normalized spacial score (nSPS) is 7.67. The van der Waals surface area contributed by atoms with E-state index in [9.17, 15) is 4.39 Å². The van der Waals surface area contributed by atoms with E-state index in [-0.39, 0.29) is 0 Å². The van der Waals surface area contributed by atoms with Crippen LogP contribution in [0.1, 0.15) is 0 Å². The molecule has 0 aliphatic rings. The van der Waals surface area contributed by atoms with Crippen LogP contribution in [0.3, 0.4) is 0 Å². The van der Waals surface area contributed by atoms with Gasteiger partial charge in [0, 0.05) is 0 Å². The van der Waals surface area contributed by atoms with Gasteiger partial charge in [-0.2, -0.15) is 0 Å². The Kier molecular flexibility index (Phi) is 3.69. The summed E-state index contributed by atoms with van der Waals surface area (Å²) in [4.78, 5) is 0. The molecule has 1 radical (unpaired) electrons. The molecular weight excluding hydrogens is 79.1 g/mol. The van der Waals surface area contributed by atoms with Crippen LogP contribution in [0.25, 0.3) is 0 Å². The maximum absolute atomic E-state index is 10.7. The number of rotatable bonds is 0. The largest absolute Gasteiger partial charge is 0.144 e. The van der Waals surface area contributed by atoms with Gasteiger partial charge in [0.15, 0.2) is 0 Å². The van der Waals surface area contributed by atoms with Crippen molar-refractivity contribution in [3.05, 3.63) is 19.1 Å². The molecule has 0 fully saturated rings. The van der Waals surface area contributed by atoms with Gasteiger partial charge in [-0.15, -0.1) is 4.39 Å². The summed E-state index contributed by atoms with van der Waals surface area (Å²) in [5.41, 5.74) is 0. The van der Waals surface area contributed by atoms with Crippen LogP contribution in [0.5, 0.6) is 0 Å². The van der Waals surface area contributed by atoms with Gasteiger partial charge in [-0.3, -0.25) is 0 Å². The molecule has 0 saturated carbocycles. The monoisotopic (exact) mass is 83.0 g/mol. The summed E-state index contributed by atoms with van der Waals surface area (Å²) in [5.74, 6) is 2.04. The summed E-state index contributed by atoms with van der Waals surface area (Å²) in [5, 5.41) is 0. The average molecular weight is 83.1 g/mol. The molecule has 0 aliphatic carbocycles. The average Bonchev–Trinajstić information content (AvgIpc) is 1.61. The molecule has 0 saturated heterocycles. The topological polar surface area (TPSA) is 0 Å². The molecule has 0 amide bonds. The third-order valence-electron chi connectivity index (χ3n) is 0.256. The van der Waals surface area contributed by atoms with Gasteiger partial charge < -0.3 is 0 Å². The lowest BCUT2D eigenvalue weighted by atomic mass is 10.5. The smallest absolute Gasteiger partial charge is 0.110 e. The molecule has 0 unspecified atom stereocenters. The third kappa shape index (κ3) is 3.23. The zero-order chi connectivity index (χ0) is 4.83. The zero-order valence-electron chi connectivity index (χ0n) is 3.24. The SMILES string of the molecule is [CH2]C=CC#CF. The fourth-order valence-electron chi connectivity index (χ4n) is 0.0904. The van der Waals surface area contributed by atoms with Gasteiger partial charge in [0.25, 0.3) is 0 Å². The van der Waals surface area contributed by atoms with Crippen molar-refractivity contribution in [3.8, 4) is 12.1 Å². The Morgan fingerprint density at radius 3 is 2.50 bits per heavy atom. The maximum Gasteiger partial charge on any atom is 0.110 e. The minimum Gasteiger partial charge on any atom is -0.144 e. The molecule has 0 aromatic carbocycles. The first-order chi connectivity index (χ1) is 2.91. The van der Waals surface area contributed by atoms with Gasteiger partial charge in [0.05, 0.1) is 0 Å². The Hall–Kier alpha value is -0.770. The van der Waals surface area contributed by atoms with E-state index >= 15 is 0 Å². The van der Waals surface area contributed by atoms with Crippen molar-refractivity contribution in [1.29, 1.82) is 0 Å². The quantitative estimate of drug-likeness (QED) is 0.387. The van der Waals surface area contributed by atoms with Crippen LogP contribution in [0.2, 0.25) is 0 Å². The molecule has 0 aliphatic heterocycles. The first kappa shape index (κ1) is 5.23. The summed E-state index contributed by atoms with van der Waals surface area (Å²) in [6.45, 7) is 3.27. The second-order valence-electron chi connectivity index (χ2n) is 0.641. The summed E-state index contributed by atoms with van der Waals surface area (Å²) >= 11 is 0. The van der Waals surface area contributed by atoms with Gasteiger partial charge in [-0.05, 0) is 18.9 Å². The van der Waals surface area contributed by atoms with Gasteiger partial charge in [-0.25, -0.2) is 0 Å². The third-order valence-corrected chi connectivity index (χ3v) is 0.256. The fraction of sp³-hybridized carbons (Fsp3) is 0. The lowest BCUT2D eigenvalue weighted by Gasteiger charge is -1.53. The van der Waals surface area contributed by atoms with E-state index in [1.165, 1.54) is 18.3 Å². The molecule has 0 aromatic heterocycles. The first-order valence-corrected chi connectivity index (χ1v) is 1.47. The van der Waals surface area contributed by atoms with E-state index in [4.69, 9.17) is 0 Å². The van der Waals surface area contributed by atoms with Crippen LogP contribution < -0.4 is 0 Å². The Bertz CT molecular complexity index is 92.2. The minimum absolute atomic E-state index is 1.19. The zero-order valence-corrected chi connectivity index (χ0v) is 3.24. The van der Waals surface area contributed by atoms with Crippen molar-refractivity contribution in [1.82, 2.24) is 0 Å². The Morgan fingerprint density at radius 1 is 1.67 bits per heavy atom. The standard InChI is InChI=1S/C5H4F/c1-2-3-4-5-6/h2-3H,1H2. The van der Waals surface area contributed by atoms with Crippen molar-refractivity contribution in [2.24, 2.45) is 0 Å². The van der Waals surface area contributed by atoms with E-state index in [0.717, 1.165) is 0 Å². The molecule has 6 heavy (non-hydrogen) atoms. The second-order valence-corrected chi connectivity index (χ2v) is 0.641. The van der Waals surface area contributed by atoms with E-state index < -0.39 is 0 Å². The summed E-state index contributed by atoms with van der Waals surface area (Å²) in [6, 6.07) is 0.